The molecule has 3 aromatic heterocycles. The average molecular weight is 751 g/mol. The van der Waals surface area contributed by atoms with E-state index in [0.717, 1.165) is 69.5 Å². The van der Waals surface area contributed by atoms with Crippen LogP contribution in [0.3, 0.4) is 0 Å². The maximum absolute atomic E-state index is 6.66. The summed E-state index contributed by atoms with van der Waals surface area (Å²) in [5.41, 5.74) is 12.5. The molecular formula is C44H44N4OPd. The Morgan fingerprint density at radius 2 is 1.48 bits per heavy atom. The van der Waals surface area contributed by atoms with Gasteiger partial charge in [0.05, 0.1) is 5.69 Å². The fraction of sp³-hybridized carbons (Fsp3) is 0.273. The van der Waals surface area contributed by atoms with Crippen LogP contribution >= 0.6 is 0 Å². The molecule has 0 atom stereocenters. The van der Waals surface area contributed by atoms with Crippen LogP contribution in [-0.2, 0) is 45.1 Å². The van der Waals surface area contributed by atoms with Crippen molar-refractivity contribution in [2.45, 2.75) is 80.1 Å². The molecule has 0 unspecified atom stereocenters. The van der Waals surface area contributed by atoms with E-state index in [9.17, 15) is 0 Å². The first-order valence-corrected chi connectivity index (χ1v) is 17.4. The van der Waals surface area contributed by atoms with Crippen LogP contribution in [0.15, 0.2) is 85.1 Å². The van der Waals surface area contributed by atoms with Gasteiger partial charge in [-0.2, -0.15) is 11.2 Å². The predicted octanol–water partition coefficient (Wildman–Crippen LogP) is 11.0. The molecule has 0 N–H and O–H groups in total. The maximum atomic E-state index is 6.66. The molecule has 7 rings (SSSR count). The molecule has 0 aliphatic carbocycles. The van der Waals surface area contributed by atoms with Gasteiger partial charge in [-0.15, -0.1) is 41.3 Å². The summed E-state index contributed by atoms with van der Waals surface area (Å²) in [5.74, 6) is 2.12. The van der Waals surface area contributed by atoms with Crippen molar-refractivity contribution in [1.29, 1.82) is 0 Å². The Morgan fingerprint density at radius 3 is 2.18 bits per heavy atom. The van der Waals surface area contributed by atoms with Gasteiger partial charge in [0.1, 0.15) is 5.82 Å². The van der Waals surface area contributed by atoms with Gasteiger partial charge in [-0.05, 0) is 90.1 Å². The van der Waals surface area contributed by atoms with E-state index in [1.807, 2.05) is 16.9 Å². The Morgan fingerprint density at radius 1 is 0.740 bits per heavy atom. The van der Waals surface area contributed by atoms with Gasteiger partial charge in [0.25, 0.3) is 0 Å². The minimum absolute atomic E-state index is 0. The molecule has 6 heteroatoms. The number of benzene rings is 4. The first kappa shape index (κ1) is 35.3. The van der Waals surface area contributed by atoms with Gasteiger partial charge in [0.2, 0.25) is 0 Å². The van der Waals surface area contributed by atoms with Crippen LogP contribution in [0.5, 0.6) is 11.5 Å². The van der Waals surface area contributed by atoms with E-state index in [-0.39, 0.29) is 25.8 Å². The largest absolute Gasteiger partial charge is 2.00 e. The Kier molecular flexibility index (Phi) is 9.91. The number of pyridine rings is 1. The molecule has 3 heterocycles. The van der Waals surface area contributed by atoms with Crippen LogP contribution in [0.4, 0.5) is 0 Å². The van der Waals surface area contributed by atoms with Crippen molar-refractivity contribution >= 4 is 21.8 Å². The Balaban J connectivity index is 0.00000432. The number of ether oxygens (including phenoxy) is 1. The van der Waals surface area contributed by atoms with E-state index in [2.05, 4.69) is 145 Å². The Labute approximate surface area is 310 Å². The number of para-hydroxylation sites is 1. The maximum Gasteiger partial charge on any atom is 2.00 e. The van der Waals surface area contributed by atoms with Crippen molar-refractivity contribution < 1.29 is 25.2 Å². The Hall–Kier alpha value is -4.50. The number of aryl methyl sites for hydroxylation is 4. The van der Waals surface area contributed by atoms with Crippen molar-refractivity contribution in [3.63, 3.8) is 0 Å². The molecule has 7 aromatic rings. The third-order valence-electron chi connectivity index (χ3n) is 9.69. The van der Waals surface area contributed by atoms with Crippen LogP contribution in [0.1, 0.15) is 75.2 Å². The summed E-state index contributed by atoms with van der Waals surface area (Å²) in [7, 11) is 0. The smallest absolute Gasteiger partial charge is 0.509 e. The summed E-state index contributed by atoms with van der Waals surface area (Å²) in [5, 5.41) is 7.38. The van der Waals surface area contributed by atoms with Crippen molar-refractivity contribution in [2.75, 3.05) is 0 Å². The molecule has 0 bridgehead atoms. The summed E-state index contributed by atoms with van der Waals surface area (Å²) in [6, 6.07) is 35.0. The zero-order valence-electron chi connectivity index (χ0n) is 30.2. The number of rotatable bonds is 8. The zero-order chi connectivity index (χ0) is 34.4. The van der Waals surface area contributed by atoms with E-state index in [1.165, 1.54) is 27.8 Å². The molecule has 0 spiro atoms. The average Bonchev–Trinajstić information content (AvgIpc) is 3.59. The van der Waals surface area contributed by atoms with Gasteiger partial charge in [-0.1, -0.05) is 83.5 Å². The first-order chi connectivity index (χ1) is 23.6. The molecule has 256 valence electrons. The molecule has 0 saturated heterocycles. The molecule has 0 aliphatic rings. The Bertz CT molecular complexity index is 2320. The summed E-state index contributed by atoms with van der Waals surface area (Å²) >= 11 is 0. The van der Waals surface area contributed by atoms with Gasteiger partial charge in [-0.25, -0.2) is 4.98 Å². The van der Waals surface area contributed by atoms with E-state index in [1.54, 1.807) is 0 Å². The van der Waals surface area contributed by atoms with Crippen LogP contribution in [0.25, 0.3) is 44.4 Å². The number of fused-ring (bicyclic) bond motifs is 3. The van der Waals surface area contributed by atoms with Crippen LogP contribution in [0.2, 0.25) is 0 Å². The molecule has 0 amide bonds. The number of aromatic nitrogens is 4. The topological polar surface area (TPSA) is 44.9 Å². The fourth-order valence-corrected chi connectivity index (χ4v) is 7.03. The fourth-order valence-electron chi connectivity index (χ4n) is 7.03. The quantitative estimate of drug-likeness (QED) is 0.115. The molecular weight excluding hydrogens is 707 g/mol. The van der Waals surface area contributed by atoms with Gasteiger partial charge >= 0.3 is 20.4 Å². The predicted molar refractivity (Wildman–Crippen MR) is 202 cm³/mol. The molecule has 5 nitrogen and oxygen atoms in total. The molecule has 0 radical (unpaired) electrons. The van der Waals surface area contributed by atoms with E-state index in [4.69, 9.17) is 14.8 Å². The summed E-state index contributed by atoms with van der Waals surface area (Å²) in [4.78, 5) is 4.77. The summed E-state index contributed by atoms with van der Waals surface area (Å²) < 4.78 is 10.9. The van der Waals surface area contributed by atoms with E-state index >= 15 is 0 Å². The number of hydrogen-bond acceptors (Lipinski definition) is 3. The normalized spacial score (nSPS) is 11.7. The van der Waals surface area contributed by atoms with E-state index in [0.29, 0.717) is 11.5 Å². The second kappa shape index (κ2) is 14.0. The van der Waals surface area contributed by atoms with Gasteiger partial charge in [0.15, 0.2) is 0 Å². The number of nitrogens with zero attached hydrogens (tertiary/aromatic N) is 4. The SMILES string of the molecule is CCc1ccnc(-n2c3[c-]c(Oc4[c-]c(-n5nc(C)c(-c6c(CC)cccc6CC)c5C)cc(C(C)(C)C)c4)ccc3c3ccccc32)c1.[Pd+2]. The molecule has 0 aliphatic heterocycles. The molecule has 50 heavy (non-hydrogen) atoms. The number of hydrogen-bond donors (Lipinski definition) is 0. The van der Waals surface area contributed by atoms with Crippen molar-refractivity contribution in [2.24, 2.45) is 0 Å². The van der Waals surface area contributed by atoms with Crippen LogP contribution in [0, 0.1) is 26.0 Å². The minimum Gasteiger partial charge on any atom is -0.509 e. The molecule has 0 fully saturated rings. The van der Waals surface area contributed by atoms with Crippen LogP contribution < -0.4 is 4.74 Å². The minimum atomic E-state index is -0.124. The third kappa shape index (κ3) is 6.32. The van der Waals surface area contributed by atoms with Crippen molar-refractivity contribution in [3.05, 3.63) is 131 Å². The monoisotopic (exact) mass is 750 g/mol. The van der Waals surface area contributed by atoms with Crippen molar-refractivity contribution in [1.82, 2.24) is 19.3 Å². The van der Waals surface area contributed by atoms with Crippen molar-refractivity contribution in [3.8, 4) is 34.1 Å². The second-order valence-electron chi connectivity index (χ2n) is 13.9. The summed E-state index contributed by atoms with van der Waals surface area (Å²) in [6.45, 7) is 17.6. The third-order valence-corrected chi connectivity index (χ3v) is 9.69. The van der Waals surface area contributed by atoms with Crippen LogP contribution in [-0.4, -0.2) is 19.3 Å². The summed E-state index contributed by atoms with van der Waals surface area (Å²) in [6.07, 6.45) is 4.76. The second-order valence-corrected chi connectivity index (χ2v) is 13.9. The van der Waals surface area contributed by atoms with Gasteiger partial charge in [0, 0.05) is 34.5 Å². The van der Waals surface area contributed by atoms with Gasteiger partial charge < -0.3 is 9.30 Å². The zero-order valence-corrected chi connectivity index (χ0v) is 31.8. The first-order valence-electron chi connectivity index (χ1n) is 17.4. The van der Waals surface area contributed by atoms with Gasteiger partial charge in [-0.3, -0.25) is 4.68 Å². The standard InChI is InChI=1S/C44H44N4O.Pd/c1-9-30-21-22-45-41(23-30)47-39-18-13-12-17-37(39)38-20-19-35(27-40(38)47)49-36-25-33(44(6,7)8)24-34(26-36)48-29(5)42(28(4)46-48)43-31(10-2)15-14-16-32(43)11-3;/h12-25H,9-11H2,1-8H3;/q-2;+2. The molecule has 0 saturated carbocycles. The van der Waals surface area contributed by atoms with E-state index < -0.39 is 0 Å². The molecule has 4 aromatic carbocycles.